The summed E-state index contributed by atoms with van der Waals surface area (Å²) in [6.45, 7) is 4.85. The van der Waals surface area contributed by atoms with Crippen LogP contribution < -0.4 is 16.0 Å². The quantitative estimate of drug-likeness (QED) is 0.775. The molecule has 0 spiro atoms. The van der Waals surface area contributed by atoms with Crippen molar-refractivity contribution < 1.29 is 9.59 Å². The number of pyridine rings is 1. The number of carbonyl (C=O) groups is 2. The van der Waals surface area contributed by atoms with Crippen LogP contribution in [0.15, 0.2) is 24.4 Å². The Bertz CT molecular complexity index is 508. The van der Waals surface area contributed by atoms with Gasteiger partial charge < -0.3 is 20.9 Å². The van der Waals surface area contributed by atoms with Gasteiger partial charge in [0.2, 0.25) is 11.8 Å². The highest BCUT2D eigenvalue weighted by Crippen LogP contribution is 2.12. The molecule has 1 atom stereocenters. The van der Waals surface area contributed by atoms with E-state index in [9.17, 15) is 9.59 Å². The van der Waals surface area contributed by atoms with E-state index in [1.54, 1.807) is 13.1 Å². The molecular formula is C15H25Cl2N5O2. The number of nitrogens with one attached hydrogen (secondary N) is 1. The van der Waals surface area contributed by atoms with E-state index in [1.807, 2.05) is 23.1 Å². The Morgan fingerprint density at radius 2 is 1.92 bits per heavy atom. The standard InChI is InChI=1S/C15H23N5O2.2ClH/c1-12(16)15(22)18-7-5-14(21)20-10-8-19(9-11-20)13-4-2-3-6-17-13;;/h2-4,6,12H,5,7-11,16H2,1H3,(H,18,22);2*1H/t12-;;/m1../s1. The zero-order valence-corrected chi connectivity index (χ0v) is 15.3. The van der Waals surface area contributed by atoms with Gasteiger partial charge in [0.05, 0.1) is 6.04 Å². The maximum Gasteiger partial charge on any atom is 0.236 e. The molecule has 0 aliphatic carbocycles. The number of aromatic nitrogens is 1. The highest BCUT2D eigenvalue weighted by atomic mass is 35.5. The van der Waals surface area contributed by atoms with Crippen LogP contribution in [0.25, 0.3) is 0 Å². The van der Waals surface area contributed by atoms with Crippen LogP contribution in [-0.4, -0.2) is 60.5 Å². The van der Waals surface area contributed by atoms with E-state index in [2.05, 4.69) is 15.2 Å². The van der Waals surface area contributed by atoms with Crippen LogP contribution in [-0.2, 0) is 9.59 Å². The normalized spacial score (nSPS) is 14.9. The lowest BCUT2D eigenvalue weighted by atomic mass is 10.2. The van der Waals surface area contributed by atoms with E-state index in [0.717, 1.165) is 18.9 Å². The average Bonchev–Trinajstić information content (AvgIpc) is 2.55. The predicted molar refractivity (Wildman–Crippen MR) is 98.8 cm³/mol. The molecule has 1 fully saturated rings. The van der Waals surface area contributed by atoms with Gasteiger partial charge in [-0.2, -0.15) is 0 Å². The van der Waals surface area contributed by atoms with Crippen molar-refractivity contribution in [2.24, 2.45) is 5.73 Å². The Kier molecular flexibility index (Phi) is 10.3. The van der Waals surface area contributed by atoms with Gasteiger partial charge in [-0.15, -0.1) is 24.8 Å². The third-order valence-corrected chi connectivity index (χ3v) is 3.66. The first-order chi connectivity index (χ1) is 10.6. The Morgan fingerprint density at radius 3 is 2.46 bits per heavy atom. The van der Waals surface area contributed by atoms with Crippen LogP contribution in [0.1, 0.15) is 13.3 Å². The molecule has 2 rings (SSSR count). The predicted octanol–water partition coefficient (Wildman–Crippen LogP) is 0.427. The molecule has 0 bridgehead atoms. The van der Waals surface area contributed by atoms with Crippen LogP contribution in [0.4, 0.5) is 5.82 Å². The first-order valence-electron chi connectivity index (χ1n) is 7.55. The molecular weight excluding hydrogens is 353 g/mol. The summed E-state index contributed by atoms with van der Waals surface area (Å²) in [5, 5.41) is 2.65. The number of piperazine rings is 1. The van der Waals surface area contributed by atoms with Gasteiger partial charge in [-0.3, -0.25) is 9.59 Å². The van der Waals surface area contributed by atoms with E-state index >= 15 is 0 Å². The van der Waals surface area contributed by atoms with Gasteiger partial charge in [-0.25, -0.2) is 4.98 Å². The van der Waals surface area contributed by atoms with E-state index in [0.29, 0.717) is 26.1 Å². The molecule has 1 aliphatic heterocycles. The van der Waals surface area contributed by atoms with Crippen LogP contribution in [0, 0.1) is 0 Å². The molecule has 9 heteroatoms. The number of halogens is 2. The molecule has 7 nitrogen and oxygen atoms in total. The largest absolute Gasteiger partial charge is 0.354 e. The van der Waals surface area contributed by atoms with Crippen molar-refractivity contribution in [3.05, 3.63) is 24.4 Å². The Hall–Kier alpha value is -1.57. The summed E-state index contributed by atoms with van der Waals surface area (Å²) in [5.41, 5.74) is 5.45. The van der Waals surface area contributed by atoms with Gasteiger partial charge in [0.15, 0.2) is 0 Å². The fourth-order valence-electron chi connectivity index (χ4n) is 2.34. The summed E-state index contributed by atoms with van der Waals surface area (Å²) >= 11 is 0. The van der Waals surface area contributed by atoms with Gasteiger partial charge in [0.25, 0.3) is 0 Å². The molecule has 1 aliphatic rings. The van der Waals surface area contributed by atoms with Gasteiger partial charge in [0, 0.05) is 45.3 Å². The maximum absolute atomic E-state index is 12.1. The van der Waals surface area contributed by atoms with Gasteiger partial charge in [-0.1, -0.05) is 6.07 Å². The number of hydrogen-bond donors (Lipinski definition) is 2. The van der Waals surface area contributed by atoms with Crippen LogP contribution in [0.2, 0.25) is 0 Å². The molecule has 0 radical (unpaired) electrons. The molecule has 24 heavy (non-hydrogen) atoms. The molecule has 0 saturated carbocycles. The summed E-state index contributed by atoms with van der Waals surface area (Å²) in [6.07, 6.45) is 2.08. The molecule has 0 unspecified atom stereocenters. The highest BCUT2D eigenvalue weighted by Gasteiger charge is 2.21. The van der Waals surface area contributed by atoms with Crippen molar-refractivity contribution in [2.75, 3.05) is 37.6 Å². The van der Waals surface area contributed by atoms with Crippen molar-refractivity contribution in [2.45, 2.75) is 19.4 Å². The minimum absolute atomic E-state index is 0. The van der Waals surface area contributed by atoms with Crippen molar-refractivity contribution in [3.8, 4) is 0 Å². The van der Waals surface area contributed by atoms with Crippen molar-refractivity contribution in [1.29, 1.82) is 0 Å². The number of anilines is 1. The molecule has 3 N–H and O–H groups in total. The number of nitrogens with two attached hydrogens (primary N) is 1. The van der Waals surface area contributed by atoms with E-state index in [4.69, 9.17) is 5.73 Å². The zero-order chi connectivity index (χ0) is 15.9. The lowest BCUT2D eigenvalue weighted by Gasteiger charge is -2.35. The number of rotatable bonds is 5. The molecule has 2 heterocycles. The Labute approximate surface area is 154 Å². The molecule has 1 aromatic rings. The zero-order valence-electron chi connectivity index (χ0n) is 13.7. The topological polar surface area (TPSA) is 91.6 Å². The lowest BCUT2D eigenvalue weighted by molar-refractivity contribution is -0.131. The number of carbonyl (C=O) groups excluding carboxylic acids is 2. The molecule has 0 aromatic carbocycles. The van der Waals surface area contributed by atoms with E-state index < -0.39 is 6.04 Å². The third kappa shape index (κ3) is 6.51. The monoisotopic (exact) mass is 377 g/mol. The van der Waals surface area contributed by atoms with Crippen LogP contribution in [0.3, 0.4) is 0 Å². The summed E-state index contributed by atoms with van der Waals surface area (Å²) in [6, 6.07) is 5.28. The second-order valence-corrected chi connectivity index (χ2v) is 5.39. The Morgan fingerprint density at radius 1 is 1.25 bits per heavy atom. The van der Waals surface area contributed by atoms with Crippen molar-refractivity contribution in [3.63, 3.8) is 0 Å². The van der Waals surface area contributed by atoms with Crippen molar-refractivity contribution >= 4 is 42.4 Å². The number of hydrogen-bond acceptors (Lipinski definition) is 5. The van der Waals surface area contributed by atoms with E-state index in [-0.39, 0.29) is 36.6 Å². The minimum atomic E-state index is -0.544. The molecule has 1 saturated heterocycles. The average molecular weight is 378 g/mol. The molecule has 2 amide bonds. The van der Waals surface area contributed by atoms with Crippen LogP contribution in [0.5, 0.6) is 0 Å². The number of nitrogens with zero attached hydrogens (tertiary/aromatic N) is 3. The lowest BCUT2D eigenvalue weighted by Crippen LogP contribution is -2.49. The first-order valence-corrected chi connectivity index (χ1v) is 7.55. The minimum Gasteiger partial charge on any atom is -0.354 e. The van der Waals surface area contributed by atoms with Crippen molar-refractivity contribution in [1.82, 2.24) is 15.2 Å². The molecule has 1 aromatic heterocycles. The Balaban J connectivity index is 0.00000264. The summed E-state index contributed by atoms with van der Waals surface area (Å²) in [7, 11) is 0. The van der Waals surface area contributed by atoms with Crippen LogP contribution >= 0.6 is 24.8 Å². The fourth-order valence-corrected chi connectivity index (χ4v) is 2.34. The van der Waals surface area contributed by atoms with Gasteiger partial charge in [0.1, 0.15) is 5.82 Å². The summed E-state index contributed by atoms with van der Waals surface area (Å²) in [5.74, 6) is 0.775. The smallest absolute Gasteiger partial charge is 0.236 e. The second kappa shape index (κ2) is 11.1. The van der Waals surface area contributed by atoms with Gasteiger partial charge in [-0.05, 0) is 19.1 Å². The summed E-state index contributed by atoms with van der Waals surface area (Å²) in [4.78, 5) is 31.7. The summed E-state index contributed by atoms with van der Waals surface area (Å²) < 4.78 is 0. The highest BCUT2D eigenvalue weighted by molar-refractivity contribution is 5.85. The maximum atomic E-state index is 12.1. The first kappa shape index (κ1) is 22.4. The van der Waals surface area contributed by atoms with E-state index in [1.165, 1.54) is 0 Å². The number of amides is 2. The fraction of sp³-hybridized carbons (Fsp3) is 0.533. The molecule has 136 valence electrons. The van der Waals surface area contributed by atoms with Gasteiger partial charge >= 0.3 is 0 Å². The second-order valence-electron chi connectivity index (χ2n) is 5.39. The third-order valence-electron chi connectivity index (χ3n) is 3.66. The SMILES string of the molecule is C[C@@H](N)C(=O)NCCC(=O)N1CCN(c2ccccn2)CC1.Cl.Cl.